The van der Waals surface area contributed by atoms with Gasteiger partial charge in [-0.05, 0) is 31.1 Å². The van der Waals surface area contributed by atoms with E-state index in [1.165, 1.54) is 154 Å². The Kier molecular flexibility index (Phi) is 40.8. The van der Waals surface area contributed by atoms with Crippen molar-refractivity contribution in [3.05, 3.63) is 0 Å². The van der Waals surface area contributed by atoms with Crippen LogP contribution in [0.15, 0.2) is 0 Å². The van der Waals surface area contributed by atoms with Gasteiger partial charge in [0.15, 0.2) is 6.10 Å². The van der Waals surface area contributed by atoms with Crippen LogP contribution in [-0.2, 0) is 28.6 Å². The van der Waals surface area contributed by atoms with Crippen LogP contribution in [0.4, 0.5) is 0 Å². The summed E-state index contributed by atoms with van der Waals surface area (Å²) in [6.07, 6.45) is 41.0. The van der Waals surface area contributed by atoms with Crippen molar-refractivity contribution in [1.82, 2.24) is 0 Å². The third kappa shape index (κ3) is 43.4. The number of rotatable bonds is 43. The van der Waals surface area contributed by atoms with Gasteiger partial charge in [-0.15, -0.1) is 0 Å². The number of ether oxygens (including phenoxy) is 3. The number of carbonyl (C=O) groups is 3. The maximum atomic E-state index is 12.7. The molecule has 1 atom stereocenters. The highest BCUT2D eigenvalue weighted by Gasteiger charge is 2.19. The first-order chi connectivity index (χ1) is 26.7. The number of hydrogen-bond donors (Lipinski definition) is 0. The lowest BCUT2D eigenvalue weighted by Crippen LogP contribution is -2.30. The minimum Gasteiger partial charge on any atom is -0.462 e. The van der Waals surface area contributed by atoms with E-state index in [0.29, 0.717) is 19.3 Å². The third-order valence-electron chi connectivity index (χ3n) is 11.0. The summed E-state index contributed by atoms with van der Waals surface area (Å²) in [5.41, 5.74) is 0. The van der Waals surface area contributed by atoms with Gasteiger partial charge in [0.1, 0.15) is 13.2 Å². The average molecular weight is 779 g/mol. The maximum Gasteiger partial charge on any atom is 0.306 e. The second-order valence-corrected chi connectivity index (χ2v) is 17.7. The van der Waals surface area contributed by atoms with Crippen LogP contribution in [0.1, 0.15) is 266 Å². The molecular weight excluding hydrogens is 685 g/mol. The van der Waals surface area contributed by atoms with Crippen LogP contribution in [0.3, 0.4) is 0 Å². The molecule has 0 aliphatic carbocycles. The predicted molar refractivity (Wildman–Crippen MR) is 233 cm³/mol. The molecule has 0 rings (SSSR count). The summed E-state index contributed by atoms with van der Waals surface area (Å²) in [5.74, 6) is 0.722. The van der Waals surface area contributed by atoms with Crippen LogP contribution in [0, 0.1) is 11.8 Å². The molecule has 55 heavy (non-hydrogen) atoms. The Bertz CT molecular complexity index is 839. The van der Waals surface area contributed by atoms with Crippen molar-refractivity contribution in [3.63, 3.8) is 0 Å². The molecule has 0 bridgehead atoms. The van der Waals surface area contributed by atoms with Gasteiger partial charge in [0.2, 0.25) is 0 Å². The van der Waals surface area contributed by atoms with Crippen molar-refractivity contribution in [3.8, 4) is 0 Å². The first-order valence-electron chi connectivity index (χ1n) is 24.2. The van der Waals surface area contributed by atoms with E-state index in [1.54, 1.807) is 0 Å². The lowest BCUT2D eigenvalue weighted by molar-refractivity contribution is -0.167. The van der Waals surface area contributed by atoms with Crippen molar-refractivity contribution >= 4 is 17.9 Å². The van der Waals surface area contributed by atoms with Crippen LogP contribution in [0.2, 0.25) is 0 Å². The summed E-state index contributed by atoms with van der Waals surface area (Å²) in [6.45, 7) is 11.3. The highest BCUT2D eigenvalue weighted by atomic mass is 16.6. The SMILES string of the molecule is CCCCCCCCCCCCCCCCCC(=O)OC[C@H](COC(=O)CCCCCCCCC(C)C)OC(=O)CCCCCCCCCCCCC(C)C. The summed E-state index contributed by atoms with van der Waals surface area (Å²) in [4.78, 5) is 37.8. The number of carbonyl (C=O) groups excluding carboxylic acids is 3. The Morgan fingerprint density at radius 3 is 0.891 bits per heavy atom. The van der Waals surface area contributed by atoms with Gasteiger partial charge in [0.25, 0.3) is 0 Å². The molecule has 0 fully saturated rings. The molecule has 0 aromatic carbocycles. The van der Waals surface area contributed by atoms with Crippen molar-refractivity contribution in [1.29, 1.82) is 0 Å². The summed E-state index contributed by atoms with van der Waals surface area (Å²) >= 11 is 0. The van der Waals surface area contributed by atoms with Crippen molar-refractivity contribution in [2.45, 2.75) is 272 Å². The van der Waals surface area contributed by atoms with Gasteiger partial charge in [0.05, 0.1) is 0 Å². The zero-order chi connectivity index (χ0) is 40.5. The fourth-order valence-corrected chi connectivity index (χ4v) is 7.28. The lowest BCUT2D eigenvalue weighted by atomic mass is 10.0. The average Bonchev–Trinajstić information content (AvgIpc) is 3.15. The molecule has 326 valence electrons. The number of unbranched alkanes of at least 4 members (excludes halogenated alkanes) is 28. The molecule has 0 N–H and O–H groups in total. The highest BCUT2D eigenvalue weighted by molar-refractivity contribution is 5.71. The summed E-state index contributed by atoms with van der Waals surface area (Å²) in [5, 5.41) is 0. The molecule has 0 amide bonds. The third-order valence-corrected chi connectivity index (χ3v) is 11.0. The molecule has 0 saturated carbocycles. The topological polar surface area (TPSA) is 78.9 Å². The molecule has 0 spiro atoms. The van der Waals surface area contributed by atoms with Gasteiger partial charge in [-0.1, -0.05) is 227 Å². The van der Waals surface area contributed by atoms with Crippen LogP contribution >= 0.6 is 0 Å². The second kappa shape index (κ2) is 42.0. The molecule has 0 aliphatic rings. The van der Waals surface area contributed by atoms with E-state index in [2.05, 4.69) is 34.6 Å². The quantitative estimate of drug-likeness (QED) is 0.0348. The zero-order valence-corrected chi connectivity index (χ0v) is 37.6. The fraction of sp³-hybridized carbons (Fsp3) is 0.939. The molecule has 6 heteroatoms. The molecular formula is C49H94O6. The van der Waals surface area contributed by atoms with Crippen LogP contribution < -0.4 is 0 Å². The predicted octanol–water partition coefficient (Wildman–Crippen LogP) is 15.4. The fourth-order valence-electron chi connectivity index (χ4n) is 7.28. The largest absolute Gasteiger partial charge is 0.462 e. The molecule has 0 aromatic heterocycles. The zero-order valence-electron chi connectivity index (χ0n) is 37.6. The molecule has 6 nitrogen and oxygen atoms in total. The molecule has 0 aromatic rings. The maximum absolute atomic E-state index is 12.7. The highest BCUT2D eigenvalue weighted by Crippen LogP contribution is 2.17. The van der Waals surface area contributed by atoms with E-state index in [-0.39, 0.29) is 31.1 Å². The van der Waals surface area contributed by atoms with Crippen LogP contribution in [-0.4, -0.2) is 37.2 Å². The first kappa shape index (κ1) is 53.4. The van der Waals surface area contributed by atoms with Crippen molar-refractivity contribution in [2.24, 2.45) is 11.8 Å². The Labute approximate surface area is 342 Å². The smallest absolute Gasteiger partial charge is 0.306 e. The van der Waals surface area contributed by atoms with Crippen LogP contribution in [0.25, 0.3) is 0 Å². The number of hydrogen-bond acceptors (Lipinski definition) is 6. The van der Waals surface area contributed by atoms with Gasteiger partial charge in [-0.3, -0.25) is 14.4 Å². The van der Waals surface area contributed by atoms with Gasteiger partial charge in [-0.25, -0.2) is 0 Å². The molecule has 0 aliphatic heterocycles. The van der Waals surface area contributed by atoms with Gasteiger partial charge in [-0.2, -0.15) is 0 Å². The minimum atomic E-state index is -0.761. The summed E-state index contributed by atoms with van der Waals surface area (Å²) in [7, 11) is 0. The standard InChI is InChI=1S/C49H94O6/c1-6-7-8-9-10-11-12-13-14-15-16-20-23-29-34-39-47(50)53-42-46(43-54-48(51)40-35-30-26-25-28-33-38-45(4)5)55-49(52)41-36-31-24-21-18-17-19-22-27-32-37-44(2)3/h44-46H,6-43H2,1-5H3/t46-/m1/s1. The first-order valence-corrected chi connectivity index (χ1v) is 24.2. The minimum absolute atomic E-state index is 0.0650. The van der Waals surface area contributed by atoms with E-state index >= 15 is 0 Å². The normalized spacial score (nSPS) is 12.1. The van der Waals surface area contributed by atoms with E-state index < -0.39 is 6.10 Å². The van der Waals surface area contributed by atoms with Gasteiger partial charge >= 0.3 is 17.9 Å². The van der Waals surface area contributed by atoms with E-state index in [4.69, 9.17) is 14.2 Å². The van der Waals surface area contributed by atoms with E-state index in [9.17, 15) is 14.4 Å². The van der Waals surface area contributed by atoms with Crippen molar-refractivity contribution in [2.75, 3.05) is 13.2 Å². The van der Waals surface area contributed by atoms with Crippen LogP contribution in [0.5, 0.6) is 0 Å². The second-order valence-electron chi connectivity index (χ2n) is 17.7. The summed E-state index contributed by atoms with van der Waals surface area (Å²) < 4.78 is 16.7. The van der Waals surface area contributed by atoms with Gasteiger partial charge < -0.3 is 14.2 Å². The molecule has 0 saturated heterocycles. The van der Waals surface area contributed by atoms with Crippen molar-refractivity contribution < 1.29 is 28.6 Å². The Morgan fingerprint density at radius 2 is 0.600 bits per heavy atom. The Hall–Kier alpha value is -1.59. The van der Waals surface area contributed by atoms with E-state index in [1.807, 2.05) is 0 Å². The monoisotopic (exact) mass is 779 g/mol. The van der Waals surface area contributed by atoms with E-state index in [0.717, 1.165) is 69.6 Å². The lowest BCUT2D eigenvalue weighted by Gasteiger charge is -2.18. The summed E-state index contributed by atoms with van der Waals surface area (Å²) in [6, 6.07) is 0. The molecule has 0 heterocycles. The van der Waals surface area contributed by atoms with Gasteiger partial charge in [0, 0.05) is 19.3 Å². The Balaban J connectivity index is 4.29. The number of esters is 3. The molecule has 0 unspecified atom stereocenters. The Morgan fingerprint density at radius 1 is 0.345 bits per heavy atom. The molecule has 0 radical (unpaired) electrons.